The molecule has 0 saturated heterocycles. The van der Waals surface area contributed by atoms with Crippen LogP contribution in [0.1, 0.15) is 12.0 Å². The summed E-state index contributed by atoms with van der Waals surface area (Å²) in [4.78, 5) is 12.0. The lowest BCUT2D eigenvalue weighted by Crippen LogP contribution is -2.45. The fraction of sp³-hybridized carbons (Fsp3) is 0.462. The van der Waals surface area contributed by atoms with Crippen molar-refractivity contribution in [1.82, 2.24) is 0 Å². The number of esters is 1. The van der Waals surface area contributed by atoms with Crippen molar-refractivity contribution < 1.29 is 27.4 Å². The molecule has 1 unspecified atom stereocenters. The average molecular weight is 291 g/mol. The summed E-state index contributed by atoms with van der Waals surface area (Å²) in [6, 6.07) is 8.32. The molecule has 0 spiro atoms. The fourth-order valence-corrected chi connectivity index (χ4v) is 1.96. The van der Waals surface area contributed by atoms with Gasteiger partial charge in [0.2, 0.25) is 0 Å². The minimum absolute atomic E-state index is 0.176. The highest BCUT2D eigenvalue weighted by Gasteiger charge is 2.41. The van der Waals surface area contributed by atoms with Gasteiger partial charge in [0, 0.05) is 6.54 Å². The smallest absolute Gasteiger partial charge is 0.468 e. The van der Waals surface area contributed by atoms with E-state index in [9.17, 15) is 18.0 Å². The molecular weight excluding hydrogens is 275 g/mol. The molecular formula is C13H16F3NO3. The van der Waals surface area contributed by atoms with Gasteiger partial charge in [-0.25, -0.2) is 0 Å². The summed E-state index contributed by atoms with van der Waals surface area (Å²) in [6.45, 7) is -0.852. The number of benzene rings is 1. The maximum Gasteiger partial charge on any atom is 0.522 e. The second kappa shape index (κ2) is 6.71. The van der Waals surface area contributed by atoms with E-state index in [4.69, 9.17) is 5.73 Å². The largest absolute Gasteiger partial charge is 0.522 e. The summed E-state index contributed by atoms with van der Waals surface area (Å²) >= 11 is 0. The summed E-state index contributed by atoms with van der Waals surface area (Å²) in [7, 11) is 1.17. The maximum atomic E-state index is 12.1. The van der Waals surface area contributed by atoms with E-state index in [2.05, 4.69) is 9.47 Å². The van der Waals surface area contributed by atoms with Crippen LogP contribution in [0, 0.1) is 0 Å². The Hall–Kier alpha value is -1.60. The van der Waals surface area contributed by atoms with Gasteiger partial charge in [-0.15, -0.1) is 13.2 Å². The lowest BCUT2D eigenvalue weighted by molar-refractivity contribution is -0.325. The number of halogens is 3. The first-order valence-electron chi connectivity index (χ1n) is 5.90. The van der Waals surface area contributed by atoms with E-state index in [0.29, 0.717) is 5.56 Å². The van der Waals surface area contributed by atoms with E-state index in [1.807, 2.05) is 0 Å². The van der Waals surface area contributed by atoms with Crippen molar-refractivity contribution in [2.75, 3.05) is 20.3 Å². The zero-order chi connectivity index (χ0) is 15.2. The minimum atomic E-state index is -4.74. The lowest BCUT2D eigenvalue weighted by Gasteiger charge is -2.30. The van der Waals surface area contributed by atoms with Crippen molar-refractivity contribution >= 4 is 5.97 Å². The Morgan fingerprint density at radius 2 is 1.85 bits per heavy atom. The van der Waals surface area contributed by atoms with Crippen LogP contribution in [0.15, 0.2) is 30.3 Å². The first-order chi connectivity index (χ1) is 9.35. The first kappa shape index (κ1) is 16.5. The third-order valence-electron chi connectivity index (χ3n) is 3.05. The van der Waals surface area contributed by atoms with Gasteiger partial charge in [0.15, 0.2) is 0 Å². The SMILES string of the molecule is COC(=O)C(CN)(CCOC(F)(F)F)c1ccccc1. The van der Waals surface area contributed by atoms with Crippen molar-refractivity contribution in [3.8, 4) is 0 Å². The molecule has 1 aromatic rings. The maximum absolute atomic E-state index is 12.1. The summed E-state index contributed by atoms with van der Waals surface area (Å²) in [5.41, 5.74) is 4.78. The number of methoxy groups -OCH3 is 1. The molecule has 4 nitrogen and oxygen atoms in total. The molecule has 0 aliphatic heterocycles. The predicted octanol–water partition coefficient (Wildman–Crippen LogP) is 1.98. The highest BCUT2D eigenvalue weighted by molar-refractivity contribution is 5.83. The van der Waals surface area contributed by atoms with E-state index < -0.39 is 24.4 Å². The first-order valence-corrected chi connectivity index (χ1v) is 5.90. The van der Waals surface area contributed by atoms with Gasteiger partial charge in [-0.05, 0) is 12.0 Å². The molecule has 2 N–H and O–H groups in total. The zero-order valence-electron chi connectivity index (χ0n) is 10.9. The second-order valence-corrected chi connectivity index (χ2v) is 4.19. The Bertz CT molecular complexity index is 436. The minimum Gasteiger partial charge on any atom is -0.468 e. The standard InChI is InChI=1S/C13H16F3NO3/c1-19-11(18)12(9-17,7-8-20-13(14,15)16)10-5-3-2-4-6-10/h2-6H,7-9,17H2,1H3. The number of carbonyl (C=O) groups is 1. The Balaban J connectivity index is 2.98. The molecule has 0 radical (unpaired) electrons. The van der Waals surface area contributed by atoms with Crippen LogP contribution in [0.2, 0.25) is 0 Å². The van der Waals surface area contributed by atoms with Crippen LogP contribution < -0.4 is 5.73 Å². The fourth-order valence-electron chi connectivity index (χ4n) is 1.96. The van der Waals surface area contributed by atoms with Crippen LogP contribution in [-0.4, -0.2) is 32.6 Å². The van der Waals surface area contributed by atoms with Gasteiger partial charge >= 0.3 is 12.3 Å². The average Bonchev–Trinajstić information content (AvgIpc) is 2.43. The van der Waals surface area contributed by atoms with Gasteiger partial charge in [-0.3, -0.25) is 9.53 Å². The summed E-state index contributed by atoms with van der Waals surface area (Å²) in [5, 5.41) is 0. The molecule has 0 aromatic heterocycles. The predicted molar refractivity (Wildman–Crippen MR) is 65.8 cm³/mol. The number of alkyl halides is 3. The van der Waals surface area contributed by atoms with Crippen molar-refractivity contribution in [2.45, 2.75) is 18.2 Å². The third kappa shape index (κ3) is 3.94. The Morgan fingerprint density at radius 1 is 1.25 bits per heavy atom. The molecule has 0 amide bonds. The molecule has 0 fully saturated rings. The van der Waals surface area contributed by atoms with Crippen LogP contribution in [0.5, 0.6) is 0 Å². The highest BCUT2D eigenvalue weighted by Crippen LogP contribution is 2.30. The zero-order valence-corrected chi connectivity index (χ0v) is 10.9. The van der Waals surface area contributed by atoms with Crippen LogP contribution in [0.4, 0.5) is 13.2 Å². The van der Waals surface area contributed by atoms with Crippen LogP contribution in [0.25, 0.3) is 0 Å². The monoisotopic (exact) mass is 291 g/mol. The van der Waals surface area contributed by atoms with E-state index in [1.165, 1.54) is 7.11 Å². The topological polar surface area (TPSA) is 61.5 Å². The molecule has 112 valence electrons. The molecule has 0 heterocycles. The molecule has 1 rings (SSSR count). The van der Waals surface area contributed by atoms with Gasteiger partial charge in [0.05, 0.1) is 13.7 Å². The van der Waals surface area contributed by atoms with Crippen molar-refractivity contribution in [3.05, 3.63) is 35.9 Å². The van der Waals surface area contributed by atoms with Crippen molar-refractivity contribution in [3.63, 3.8) is 0 Å². The second-order valence-electron chi connectivity index (χ2n) is 4.19. The Labute approximate surface area is 114 Å². The molecule has 0 aliphatic rings. The number of hydrogen-bond acceptors (Lipinski definition) is 4. The molecule has 0 aliphatic carbocycles. The van der Waals surface area contributed by atoms with Crippen molar-refractivity contribution in [2.24, 2.45) is 5.73 Å². The number of rotatable bonds is 6. The summed E-state index contributed by atoms with van der Waals surface area (Å²) in [5.74, 6) is -0.683. The van der Waals surface area contributed by atoms with Gasteiger partial charge in [0.1, 0.15) is 5.41 Å². The van der Waals surface area contributed by atoms with Crippen LogP contribution in [-0.2, 0) is 19.7 Å². The number of ether oxygens (including phenoxy) is 2. The normalized spacial score (nSPS) is 14.7. The summed E-state index contributed by atoms with van der Waals surface area (Å²) in [6.07, 6.45) is -4.97. The molecule has 20 heavy (non-hydrogen) atoms. The number of nitrogens with two attached hydrogens (primary N) is 1. The quantitative estimate of drug-likeness (QED) is 0.814. The highest BCUT2D eigenvalue weighted by atomic mass is 19.4. The number of hydrogen-bond donors (Lipinski definition) is 1. The van der Waals surface area contributed by atoms with E-state index in [0.717, 1.165) is 0 Å². The lowest BCUT2D eigenvalue weighted by atomic mass is 9.78. The molecule has 0 bridgehead atoms. The third-order valence-corrected chi connectivity index (χ3v) is 3.05. The Kier molecular flexibility index (Phi) is 5.52. The number of carbonyl (C=O) groups excluding carboxylic acids is 1. The van der Waals surface area contributed by atoms with Gasteiger partial charge in [-0.2, -0.15) is 0 Å². The van der Waals surface area contributed by atoms with Crippen LogP contribution >= 0.6 is 0 Å². The molecule has 7 heteroatoms. The van der Waals surface area contributed by atoms with Crippen molar-refractivity contribution in [1.29, 1.82) is 0 Å². The van der Waals surface area contributed by atoms with E-state index in [-0.39, 0.29) is 13.0 Å². The van der Waals surface area contributed by atoms with Gasteiger partial charge < -0.3 is 10.5 Å². The van der Waals surface area contributed by atoms with Crippen LogP contribution in [0.3, 0.4) is 0 Å². The Morgan fingerprint density at radius 3 is 2.30 bits per heavy atom. The molecule has 0 saturated carbocycles. The van der Waals surface area contributed by atoms with Gasteiger partial charge in [0.25, 0.3) is 0 Å². The van der Waals surface area contributed by atoms with Gasteiger partial charge in [-0.1, -0.05) is 30.3 Å². The molecule has 1 aromatic carbocycles. The van der Waals surface area contributed by atoms with E-state index >= 15 is 0 Å². The molecule has 1 atom stereocenters. The summed E-state index contributed by atoms with van der Waals surface area (Å²) < 4.78 is 44.6. The van der Waals surface area contributed by atoms with E-state index in [1.54, 1.807) is 30.3 Å².